The van der Waals surface area contributed by atoms with Gasteiger partial charge in [-0.25, -0.2) is 27.9 Å². The zero-order valence-electron chi connectivity index (χ0n) is 20.1. The molecule has 0 bridgehead atoms. The normalized spacial score (nSPS) is 12.7. The number of hydrogen-bond donors (Lipinski definition) is 0. The van der Waals surface area contributed by atoms with Crippen molar-refractivity contribution in [2.45, 2.75) is 58.5 Å². The molecular weight excluding hydrogens is 457 g/mol. The Hall–Kier alpha value is -3.42. The highest BCUT2D eigenvalue weighted by Crippen LogP contribution is 2.29. The van der Waals surface area contributed by atoms with E-state index in [0.717, 1.165) is 43.4 Å². The molecule has 0 fully saturated rings. The summed E-state index contributed by atoms with van der Waals surface area (Å²) in [5, 5.41) is 0. The van der Waals surface area contributed by atoms with E-state index >= 15 is 0 Å². The highest BCUT2D eigenvalue weighted by molar-refractivity contribution is 5.81. The number of carbonyl (C=O) groups excluding carboxylic acids is 1. The quantitative estimate of drug-likeness (QED) is 0.164. The summed E-state index contributed by atoms with van der Waals surface area (Å²) in [5.74, 6) is -2.58. The van der Waals surface area contributed by atoms with Gasteiger partial charge in [-0.05, 0) is 49.6 Å². The maximum absolute atomic E-state index is 14.5. The van der Waals surface area contributed by atoms with Crippen molar-refractivity contribution in [3.8, 4) is 34.0 Å². The lowest BCUT2D eigenvalue weighted by Crippen LogP contribution is -2.33. The van der Waals surface area contributed by atoms with Crippen LogP contribution >= 0.6 is 0 Å². The van der Waals surface area contributed by atoms with Crippen molar-refractivity contribution in [1.29, 1.82) is 0 Å². The van der Waals surface area contributed by atoms with Crippen LogP contribution in [0, 0.1) is 11.6 Å². The van der Waals surface area contributed by atoms with Crippen molar-refractivity contribution in [3.05, 3.63) is 60.4 Å². The van der Waals surface area contributed by atoms with Gasteiger partial charge >= 0.3 is 5.97 Å². The number of aromatic nitrogens is 2. The number of ether oxygens (including phenoxy) is 2. The van der Waals surface area contributed by atoms with Gasteiger partial charge in [-0.2, -0.15) is 0 Å². The van der Waals surface area contributed by atoms with Gasteiger partial charge in [-0.3, -0.25) is 0 Å². The first-order valence-corrected chi connectivity index (χ1v) is 11.7. The number of unbranched alkanes of at least 4 members (excludes halogenated alkanes) is 3. The Morgan fingerprint density at radius 1 is 0.914 bits per heavy atom. The third-order valence-corrected chi connectivity index (χ3v) is 5.64. The second kappa shape index (κ2) is 11.8. The summed E-state index contributed by atoms with van der Waals surface area (Å²) >= 11 is 0. The Labute approximate surface area is 203 Å². The van der Waals surface area contributed by atoms with Gasteiger partial charge in [-0.15, -0.1) is 0 Å². The van der Waals surface area contributed by atoms with Crippen molar-refractivity contribution < 1.29 is 27.4 Å². The summed E-state index contributed by atoms with van der Waals surface area (Å²) in [4.78, 5) is 20.3. The molecule has 0 spiro atoms. The molecule has 0 saturated heterocycles. The summed E-state index contributed by atoms with van der Waals surface area (Å²) in [6.45, 7) is 5.08. The van der Waals surface area contributed by atoms with Crippen LogP contribution in [-0.2, 0) is 4.79 Å². The lowest BCUT2D eigenvalue weighted by atomic mass is 10.1. The minimum Gasteiger partial charge on any atom is -0.488 e. The molecular formula is C27H29F3N2O3. The molecule has 8 heteroatoms. The van der Waals surface area contributed by atoms with Crippen LogP contribution in [0.5, 0.6) is 11.5 Å². The van der Waals surface area contributed by atoms with Crippen LogP contribution in [0.25, 0.3) is 22.5 Å². The fourth-order valence-corrected chi connectivity index (χ4v) is 3.23. The van der Waals surface area contributed by atoms with E-state index in [4.69, 9.17) is 9.47 Å². The maximum Gasteiger partial charge on any atom is 0.348 e. The van der Waals surface area contributed by atoms with Gasteiger partial charge in [0.25, 0.3) is 0 Å². The molecule has 186 valence electrons. The number of alkyl halides is 1. The molecule has 35 heavy (non-hydrogen) atoms. The first kappa shape index (κ1) is 26.2. The van der Waals surface area contributed by atoms with Gasteiger partial charge in [0.2, 0.25) is 5.67 Å². The number of halogens is 3. The Morgan fingerprint density at radius 2 is 1.54 bits per heavy atom. The molecule has 0 radical (unpaired) electrons. The van der Waals surface area contributed by atoms with E-state index in [1.165, 1.54) is 19.3 Å². The lowest BCUT2D eigenvalue weighted by Gasteiger charge is -2.16. The van der Waals surface area contributed by atoms with Crippen LogP contribution in [0.4, 0.5) is 13.2 Å². The minimum atomic E-state index is -2.06. The number of hydrogen-bond acceptors (Lipinski definition) is 5. The molecule has 5 nitrogen and oxygen atoms in total. The van der Waals surface area contributed by atoms with Crippen LogP contribution in [0.15, 0.2) is 48.8 Å². The minimum absolute atomic E-state index is 0.0101. The Kier molecular flexibility index (Phi) is 8.84. The second-order valence-corrected chi connectivity index (χ2v) is 8.44. The molecule has 0 N–H and O–H groups in total. The maximum atomic E-state index is 14.5. The summed E-state index contributed by atoms with van der Waals surface area (Å²) in [6, 6.07) is 8.73. The van der Waals surface area contributed by atoms with Gasteiger partial charge in [-0.1, -0.05) is 45.2 Å². The fourth-order valence-electron chi connectivity index (χ4n) is 3.23. The molecule has 0 amide bonds. The molecule has 3 aromatic rings. The average molecular weight is 487 g/mol. The molecule has 2 aromatic carbocycles. The summed E-state index contributed by atoms with van der Waals surface area (Å²) in [6.07, 6.45) is 6.85. The van der Waals surface area contributed by atoms with Gasteiger partial charge in [0.1, 0.15) is 5.75 Å². The number of rotatable bonds is 11. The Balaban J connectivity index is 1.68. The topological polar surface area (TPSA) is 61.3 Å². The largest absolute Gasteiger partial charge is 0.488 e. The standard InChI is InChI=1S/C27H29F3N2O3/c1-4-6-7-8-13-34-24-22(28)14-19(15-23(24)29)25-31-16-20(17-32-25)18-9-11-21(12-10-18)35-26(33)27(3,30)5-2/h9-12,14-17H,4-8,13H2,1-3H3/t27-/m0/s1. The predicted molar refractivity (Wildman–Crippen MR) is 128 cm³/mol. The van der Waals surface area contributed by atoms with Crippen molar-refractivity contribution in [1.82, 2.24) is 9.97 Å². The van der Waals surface area contributed by atoms with E-state index in [0.29, 0.717) is 5.56 Å². The zero-order chi connectivity index (χ0) is 25.4. The van der Waals surface area contributed by atoms with Crippen LogP contribution in [0.1, 0.15) is 52.9 Å². The summed E-state index contributed by atoms with van der Waals surface area (Å²) < 4.78 is 53.3. The first-order chi connectivity index (χ1) is 16.7. The molecule has 0 saturated carbocycles. The summed E-state index contributed by atoms with van der Waals surface area (Å²) in [7, 11) is 0. The van der Waals surface area contributed by atoms with Gasteiger partial charge < -0.3 is 9.47 Å². The van der Waals surface area contributed by atoms with Crippen LogP contribution in [0.2, 0.25) is 0 Å². The molecule has 1 atom stereocenters. The second-order valence-electron chi connectivity index (χ2n) is 8.44. The van der Waals surface area contributed by atoms with Crippen molar-refractivity contribution in [2.75, 3.05) is 6.61 Å². The smallest absolute Gasteiger partial charge is 0.348 e. The molecule has 3 rings (SSSR count). The van der Waals surface area contributed by atoms with Gasteiger partial charge in [0.15, 0.2) is 23.2 Å². The monoisotopic (exact) mass is 486 g/mol. The SMILES string of the molecule is CCCCCCOc1c(F)cc(-c2ncc(-c3ccc(OC(=O)[C@@](C)(F)CC)cc3)cn2)cc1F. The number of benzene rings is 2. The van der Waals surface area contributed by atoms with E-state index in [-0.39, 0.29) is 30.2 Å². The molecule has 0 aliphatic heterocycles. The Bertz CT molecular complexity index is 1110. The third-order valence-electron chi connectivity index (χ3n) is 5.64. The van der Waals surface area contributed by atoms with E-state index in [2.05, 4.69) is 16.9 Å². The Morgan fingerprint density at radius 3 is 2.11 bits per heavy atom. The highest BCUT2D eigenvalue weighted by atomic mass is 19.1. The third kappa shape index (κ3) is 6.81. The van der Waals surface area contributed by atoms with Gasteiger partial charge in [0, 0.05) is 23.5 Å². The van der Waals surface area contributed by atoms with E-state index in [1.807, 2.05) is 0 Å². The van der Waals surface area contributed by atoms with Crippen LogP contribution in [0.3, 0.4) is 0 Å². The van der Waals surface area contributed by atoms with E-state index in [1.54, 1.807) is 31.2 Å². The molecule has 0 unspecified atom stereocenters. The number of nitrogens with zero attached hydrogens (tertiary/aromatic N) is 2. The van der Waals surface area contributed by atoms with Crippen LogP contribution < -0.4 is 9.47 Å². The number of carbonyl (C=O) groups is 1. The zero-order valence-corrected chi connectivity index (χ0v) is 20.1. The molecule has 0 aliphatic carbocycles. The van der Waals surface area contributed by atoms with Crippen LogP contribution in [-0.4, -0.2) is 28.2 Å². The van der Waals surface area contributed by atoms with Gasteiger partial charge in [0.05, 0.1) is 6.61 Å². The van der Waals surface area contributed by atoms with E-state index in [9.17, 15) is 18.0 Å². The molecule has 1 heterocycles. The predicted octanol–water partition coefficient (Wildman–Crippen LogP) is 7.09. The molecule has 1 aromatic heterocycles. The van der Waals surface area contributed by atoms with Crippen molar-refractivity contribution in [2.24, 2.45) is 0 Å². The first-order valence-electron chi connectivity index (χ1n) is 11.7. The average Bonchev–Trinajstić information content (AvgIpc) is 2.85. The summed E-state index contributed by atoms with van der Waals surface area (Å²) in [5.41, 5.74) is -0.500. The van der Waals surface area contributed by atoms with Crippen molar-refractivity contribution in [3.63, 3.8) is 0 Å². The van der Waals surface area contributed by atoms with E-state index < -0.39 is 29.0 Å². The lowest BCUT2D eigenvalue weighted by molar-refractivity contribution is -0.146. The fraction of sp³-hybridized carbons (Fsp3) is 0.370. The molecule has 0 aliphatic rings. The number of esters is 1. The highest BCUT2D eigenvalue weighted by Gasteiger charge is 2.33. The van der Waals surface area contributed by atoms with Crippen molar-refractivity contribution >= 4 is 5.97 Å².